The third-order valence-corrected chi connectivity index (χ3v) is 6.34. The molecule has 0 aliphatic heterocycles. The van der Waals surface area contributed by atoms with Gasteiger partial charge in [0.05, 0.1) is 6.04 Å². The van der Waals surface area contributed by atoms with Crippen LogP contribution in [-0.2, 0) is 25.6 Å². The molecule has 0 bridgehead atoms. The fraction of sp³-hybridized carbons (Fsp3) is 0.630. The van der Waals surface area contributed by atoms with Gasteiger partial charge in [0.25, 0.3) is 0 Å². The second kappa shape index (κ2) is 16.7. The molecule has 0 saturated carbocycles. The van der Waals surface area contributed by atoms with Crippen LogP contribution in [0.1, 0.15) is 65.4 Å². The minimum atomic E-state index is -1.17. The largest absolute Gasteiger partial charge is 0.480 e. The number of carboxylic acid groups (broad SMARTS) is 1. The Morgan fingerprint density at radius 1 is 0.892 bits per heavy atom. The summed E-state index contributed by atoms with van der Waals surface area (Å²) in [7, 11) is 0. The SMILES string of the molecule is CCC(C)C(NC(=O)C(CC(C)C)NC(=O)C(N)CCCCN)C(=O)NC(Cc1ccccc1)C(=O)O. The molecule has 0 heterocycles. The Balaban J connectivity index is 2.98. The molecule has 1 aromatic carbocycles. The van der Waals surface area contributed by atoms with Gasteiger partial charge in [0.2, 0.25) is 17.7 Å². The number of aliphatic carboxylic acids is 1. The number of amides is 3. The first-order valence-corrected chi connectivity index (χ1v) is 13.1. The van der Waals surface area contributed by atoms with Gasteiger partial charge in [0, 0.05) is 6.42 Å². The van der Waals surface area contributed by atoms with E-state index in [1.165, 1.54) is 0 Å². The molecule has 0 radical (unpaired) electrons. The molecule has 5 atom stereocenters. The normalized spacial score (nSPS) is 15.2. The molecule has 8 N–H and O–H groups in total. The summed E-state index contributed by atoms with van der Waals surface area (Å²) < 4.78 is 0. The minimum Gasteiger partial charge on any atom is -0.480 e. The van der Waals surface area contributed by atoms with Crippen LogP contribution in [-0.4, -0.2) is 59.5 Å². The standard InChI is InChI=1S/C27H45N5O5/c1-5-18(4)23(26(35)31-22(27(36)37)16-19-11-7-6-8-12-19)32-25(34)21(15-17(2)3)30-24(33)20(29)13-9-10-14-28/h6-8,11-12,17-18,20-23H,5,9-10,13-16,28-29H2,1-4H3,(H,30,33)(H,31,35)(H,32,34)(H,36,37). The van der Waals surface area contributed by atoms with Crippen LogP contribution in [0.3, 0.4) is 0 Å². The average Bonchev–Trinajstić information content (AvgIpc) is 2.85. The number of benzene rings is 1. The molecular weight excluding hydrogens is 474 g/mol. The zero-order valence-electron chi connectivity index (χ0n) is 22.5. The van der Waals surface area contributed by atoms with E-state index in [0.717, 1.165) is 12.0 Å². The van der Waals surface area contributed by atoms with Crippen LogP contribution in [0.5, 0.6) is 0 Å². The highest BCUT2D eigenvalue weighted by molar-refractivity contribution is 5.94. The summed E-state index contributed by atoms with van der Waals surface area (Å²) in [5.41, 5.74) is 12.3. The topological polar surface area (TPSA) is 177 Å². The van der Waals surface area contributed by atoms with Gasteiger partial charge in [0.1, 0.15) is 18.1 Å². The summed E-state index contributed by atoms with van der Waals surface area (Å²) in [6.45, 7) is 8.05. The molecule has 0 aromatic heterocycles. The quantitative estimate of drug-likeness (QED) is 0.168. The highest BCUT2D eigenvalue weighted by Gasteiger charge is 2.33. The van der Waals surface area contributed by atoms with Crippen molar-refractivity contribution in [3.05, 3.63) is 35.9 Å². The maximum absolute atomic E-state index is 13.3. The lowest BCUT2D eigenvalue weighted by Gasteiger charge is -2.28. The van der Waals surface area contributed by atoms with Crippen molar-refractivity contribution in [3.8, 4) is 0 Å². The van der Waals surface area contributed by atoms with Crippen LogP contribution in [0.2, 0.25) is 0 Å². The zero-order valence-corrected chi connectivity index (χ0v) is 22.5. The van der Waals surface area contributed by atoms with Crippen molar-refractivity contribution in [1.29, 1.82) is 0 Å². The van der Waals surface area contributed by atoms with Gasteiger partial charge in [-0.2, -0.15) is 0 Å². The molecule has 10 nitrogen and oxygen atoms in total. The number of unbranched alkanes of at least 4 members (excludes halogenated alkanes) is 1. The molecule has 208 valence electrons. The summed E-state index contributed by atoms with van der Waals surface area (Å²) in [6, 6.07) is 5.22. The lowest BCUT2D eigenvalue weighted by Crippen LogP contribution is -2.59. The van der Waals surface area contributed by atoms with Gasteiger partial charge in [-0.05, 0) is 43.2 Å². The fourth-order valence-electron chi connectivity index (χ4n) is 3.89. The number of nitrogens with one attached hydrogen (secondary N) is 3. The van der Waals surface area contributed by atoms with Crippen molar-refractivity contribution in [3.63, 3.8) is 0 Å². The molecule has 5 unspecified atom stereocenters. The first-order chi connectivity index (χ1) is 17.5. The third kappa shape index (κ3) is 11.7. The molecular formula is C27H45N5O5. The van der Waals surface area contributed by atoms with Crippen LogP contribution in [0.25, 0.3) is 0 Å². The monoisotopic (exact) mass is 519 g/mol. The van der Waals surface area contributed by atoms with Crippen molar-refractivity contribution in [1.82, 2.24) is 16.0 Å². The van der Waals surface area contributed by atoms with Crippen LogP contribution in [0.15, 0.2) is 30.3 Å². The number of hydrogen-bond acceptors (Lipinski definition) is 6. The van der Waals surface area contributed by atoms with Crippen molar-refractivity contribution in [2.24, 2.45) is 23.3 Å². The second-order valence-electron chi connectivity index (χ2n) is 10.0. The molecule has 1 aromatic rings. The summed E-state index contributed by atoms with van der Waals surface area (Å²) >= 11 is 0. The number of rotatable bonds is 17. The molecule has 0 fully saturated rings. The summed E-state index contributed by atoms with van der Waals surface area (Å²) in [4.78, 5) is 51.0. The second-order valence-corrected chi connectivity index (χ2v) is 10.0. The van der Waals surface area contributed by atoms with Crippen molar-refractivity contribution in [2.75, 3.05) is 6.54 Å². The number of carboxylic acids is 1. The predicted octanol–water partition coefficient (Wildman–Crippen LogP) is 1.32. The van der Waals surface area contributed by atoms with E-state index in [1.807, 2.05) is 26.8 Å². The van der Waals surface area contributed by atoms with Gasteiger partial charge >= 0.3 is 5.97 Å². The highest BCUT2D eigenvalue weighted by Crippen LogP contribution is 2.12. The van der Waals surface area contributed by atoms with Crippen LogP contribution in [0.4, 0.5) is 0 Å². The van der Waals surface area contributed by atoms with E-state index >= 15 is 0 Å². The van der Waals surface area contributed by atoms with Gasteiger partial charge in [-0.15, -0.1) is 0 Å². The molecule has 0 aliphatic carbocycles. The van der Waals surface area contributed by atoms with E-state index in [1.54, 1.807) is 31.2 Å². The van der Waals surface area contributed by atoms with E-state index in [2.05, 4.69) is 16.0 Å². The molecule has 3 amide bonds. The fourth-order valence-corrected chi connectivity index (χ4v) is 3.89. The van der Waals surface area contributed by atoms with E-state index in [4.69, 9.17) is 11.5 Å². The summed E-state index contributed by atoms with van der Waals surface area (Å²) in [6.07, 6.45) is 2.95. The van der Waals surface area contributed by atoms with Crippen molar-refractivity contribution in [2.45, 2.75) is 90.4 Å². The van der Waals surface area contributed by atoms with Crippen molar-refractivity contribution >= 4 is 23.7 Å². The van der Waals surface area contributed by atoms with E-state index < -0.39 is 47.9 Å². The van der Waals surface area contributed by atoms with Crippen LogP contribution < -0.4 is 27.4 Å². The van der Waals surface area contributed by atoms with E-state index in [9.17, 15) is 24.3 Å². The first kappa shape index (κ1) is 32.0. The molecule has 10 heteroatoms. The Labute approximate surface area is 220 Å². The number of hydrogen-bond donors (Lipinski definition) is 6. The van der Waals surface area contributed by atoms with Crippen LogP contribution in [0, 0.1) is 11.8 Å². The minimum absolute atomic E-state index is 0.0858. The maximum Gasteiger partial charge on any atom is 0.326 e. The molecule has 1 rings (SSSR count). The number of carbonyl (C=O) groups is 4. The van der Waals surface area contributed by atoms with Gasteiger partial charge in [0.15, 0.2) is 0 Å². The zero-order chi connectivity index (χ0) is 28.0. The predicted molar refractivity (Wildman–Crippen MR) is 143 cm³/mol. The van der Waals surface area contributed by atoms with E-state index in [0.29, 0.717) is 32.2 Å². The van der Waals surface area contributed by atoms with Crippen LogP contribution >= 0.6 is 0 Å². The van der Waals surface area contributed by atoms with Gasteiger partial charge < -0.3 is 32.5 Å². The Hall–Kier alpha value is -2.98. The Morgan fingerprint density at radius 2 is 1.51 bits per heavy atom. The Morgan fingerprint density at radius 3 is 2.05 bits per heavy atom. The van der Waals surface area contributed by atoms with Gasteiger partial charge in [-0.3, -0.25) is 14.4 Å². The molecule has 0 aliphatic rings. The summed E-state index contributed by atoms with van der Waals surface area (Å²) in [5, 5.41) is 17.8. The lowest BCUT2D eigenvalue weighted by molar-refractivity contribution is -0.142. The van der Waals surface area contributed by atoms with Gasteiger partial charge in [-0.25, -0.2) is 4.79 Å². The third-order valence-electron chi connectivity index (χ3n) is 6.34. The Bertz CT molecular complexity index is 864. The maximum atomic E-state index is 13.3. The molecule has 37 heavy (non-hydrogen) atoms. The number of carbonyl (C=O) groups excluding carboxylic acids is 3. The molecule has 0 spiro atoms. The summed E-state index contributed by atoms with van der Waals surface area (Å²) in [5.74, 6) is -2.88. The highest BCUT2D eigenvalue weighted by atomic mass is 16.4. The number of nitrogens with two attached hydrogens (primary N) is 2. The molecule has 0 saturated heterocycles. The average molecular weight is 520 g/mol. The van der Waals surface area contributed by atoms with E-state index in [-0.39, 0.29) is 18.3 Å². The Kier molecular flexibility index (Phi) is 14.5. The van der Waals surface area contributed by atoms with Crippen molar-refractivity contribution < 1.29 is 24.3 Å². The first-order valence-electron chi connectivity index (χ1n) is 13.1. The van der Waals surface area contributed by atoms with Gasteiger partial charge in [-0.1, -0.05) is 70.9 Å². The lowest BCUT2D eigenvalue weighted by atomic mass is 9.96. The smallest absolute Gasteiger partial charge is 0.326 e.